The molecule has 4 heterocycles. The maximum atomic E-state index is 13.5. The molecule has 4 rings (SSSR count). The lowest BCUT2D eigenvalue weighted by atomic mass is 9.99. The highest BCUT2D eigenvalue weighted by atomic mass is 32.2. The first-order valence-electron chi connectivity index (χ1n) is 10.8. The Labute approximate surface area is 192 Å². The summed E-state index contributed by atoms with van der Waals surface area (Å²) in [6.07, 6.45) is 5.56. The zero-order valence-electron chi connectivity index (χ0n) is 18.4. The van der Waals surface area contributed by atoms with E-state index in [1.54, 1.807) is 21.6 Å². The largest absolute Gasteiger partial charge is 0.356 e. The molecule has 8 heteroatoms. The average Bonchev–Trinajstić information content (AvgIpc) is 2.98. The van der Waals surface area contributed by atoms with Crippen molar-refractivity contribution < 1.29 is 4.79 Å². The monoisotopic (exact) mass is 456 g/mol. The van der Waals surface area contributed by atoms with E-state index in [1.165, 1.54) is 11.8 Å². The summed E-state index contributed by atoms with van der Waals surface area (Å²) >= 11 is 6.71. The number of hydrogen-bond acceptors (Lipinski definition) is 6. The number of fused-ring (bicyclic) bond motifs is 1. The third kappa shape index (κ3) is 4.28. The highest BCUT2D eigenvalue weighted by Crippen LogP contribution is 2.34. The molecule has 2 fully saturated rings. The number of rotatable bonds is 4. The first-order valence-corrected chi connectivity index (χ1v) is 12.0. The molecule has 0 radical (unpaired) electrons. The van der Waals surface area contributed by atoms with E-state index in [1.807, 2.05) is 19.1 Å². The van der Waals surface area contributed by atoms with Crippen molar-refractivity contribution in [2.45, 2.75) is 40.5 Å². The van der Waals surface area contributed by atoms with Crippen LogP contribution in [0.2, 0.25) is 0 Å². The van der Waals surface area contributed by atoms with E-state index >= 15 is 0 Å². The van der Waals surface area contributed by atoms with Crippen molar-refractivity contribution in [1.29, 1.82) is 0 Å². The number of thiocarbonyl (C=S) groups is 1. The van der Waals surface area contributed by atoms with Crippen LogP contribution in [0.1, 0.15) is 44.7 Å². The fraction of sp³-hybridized carbons (Fsp3) is 0.478. The van der Waals surface area contributed by atoms with Gasteiger partial charge in [0.15, 0.2) is 0 Å². The van der Waals surface area contributed by atoms with E-state index in [0.717, 1.165) is 31.5 Å². The smallest absolute Gasteiger partial charge is 0.267 e. The zero-order chi connectivity index (χ0) is 22.3. The summed E-state index contributed by atoms with van der Waals surface area (Å²) in [5.41, 5.74) is 1.91. The number of piperidine rings is 1. The maximum absolute atomic E-state index is 13.5. The summed E-state index contributed by atoms with van der Waals surface area (Å²) in [7, 11) is 0. The summed E-state index contributed by atoms with van der Waals surface area (Å²) in [5.74, 6) is 1.51. The molecule has 31 heavy (non-hydrogen) atoms. The number of carbonyl (C=O) groups is 1. The standard InChI is InChI=1S/C23H28N4O2S2/c1-14(2)13-27-22(29)18(31-23(27)30)12-17-20(25-10-7-15(3)8-11-25)24-19-16(4)6-5-9-26(19)21(17)28/h5-6,9,12,14-15H,7-8,10-11,13H2,1-4H3/b18-12-. The molecular weight excluding hydrogens is 428 g/mol. The van der Waals surface area contributed by atoms with Crippen LogP contribution in [0, 0.1) is 18.8 Å². The Kier molecular flexibility index (Phi) is 6.21. The molecule has 164 valence electrons. The van der Waals surface area contributed by atoms with Gasteiger partial charge in [-0.25, -0.2) is 4.98 Å². The second-order valence-corrected chi connectivity index (χ2v) is 10.6. The summed E-state index contributed by atoms with van der Waals surface area (Å²) in [6.45, 7) is 10.6. The van der Waals surface area contributed by atoms with Crippen LogP contribution < -0.4 is 10.5 Å². The van der Waals surface area contributed by atoms with Gasteiger partial charge in [0, 0.05) is 25.8 Å². The van der Waals surface area contributed by atoms with Crippen molar-refractivity contribution in [1.82, 2.24) is 14.3 Å². The number of pyridine rings is 1. The van der Waals surface area contributed by atoms with Crippen molar-refractivity contribution in [2.24, 2.45) is 11.8 Å². The van der Waals surface area contributed by atoms with Crippen LogP contribution in [-0.2, 0) is 4.79 Å². The molecule has 0 saturated carbocycles. The van der Waals surface area contributed by atoms with E-state index in [0.29, 0.717) is 44.6 Å². The first-order chi connectivity index (χ1) is 14.8. The van der Waals surface area contributed by atoms with Gasteiger partial charge in [-0.15, -0.1) is 0 Å². The summed E-state index contributed by atoms with van der Waals surface area (Å²) < 4.78 is 2.12. The van der Waals surface area contributed by atoms with Crippen LogP contribution in [0.25, 0.3) is 11.7 Å². The fourth-order valence-corrected chi connectivity index (χ4v) is 5.30. The highest BCUT2D eigenvalue weighted by Gasteiger charge is 2.33. The zero-order valence-corrected chi connectivity index (χ0v) is 20.1. The minimum absolute atomic E-state index is 0.129. The van der Waals surface area contributed by atoms with Gasteiger partial charge in [0.25, 0.3) is 11.5 Å². The first kappa shape index (κ1) is 22.0. The molecule has 0 aromatic carbocycles. The molecule has 2 aliphatic rings. The van der Waals surface area contributed by atoms with Crippen molar-refractivity contribution in [3.63, 3.8) is 0 Å². The van der Waals surface area contributed by atoms with Gasteiger partial charge in [-0.2, -0.15) is 0 Å². The predicted molar refractivity (Wildman–Crippen MR) is 132 cm³/mol. The van der Waals surface area contributed by atoms with E-state index in [4.69, 9.17) is 17.2 Å². The van der Waals surface area contributed by atoms with Gasteiger partial charge in [0.1, 0.15) is 15.8 Å². The lowest BCUT2D eigenvalue weighted by molar-refractivity contribution is -0.122. The lowest BCUT2D eigenvalue weighted by Gasteiger charge is -2.32. The number of hydrogen-bond donors (Lipinski definition) is 0. The Balaban J connectivity index is 1.85. The van der Waals surface area contributed by atoms with Crippen LogP contribution in [0.3, 0.4) is 0 Å². The van der Waals surface area contributed by atoms with Gasteiger partial charge >= 0.3 is 0 Å². The van der Waals surface area contributed by atoms with Crippen molar-refractivity contribution in [2.75, 3.05) is 24.5 Å². The number of nitrogens with zero attached hydrogens (tertiary/aromatic N) is 4. The van der Waals surface area contributed by atoms with Crippen molar-refractivity contribution in [3.8, 4) is 0 Å². The van der Waals surface area contributed by atoms with Gasteiger partial charge in [-0.3, -0.25) is 18.9 Å². The quantitative estimate of drug-likeness (QED) is 0.510. The predicted octanol–water partition coefficient (Wildman–Crippen LogP) is 4.10. The Morgan fingerprint density at radius 3 is 2.68 bits per heavy atom. The second-order valence-electron chi connectivity index (χ2n) is 8.89. The highest BCUT2D eigenvalue weighted by molar-refractivity contribution is 8.26. The van der Waals surface area contributed by atoms with E-state index in [2.05, 4.69) is 25.7 Å². The van der Waals surface area contributed by atoms with Crippen molar-refractivity contribution >= 4 is 51.7 Å². The minimum Gasteiger partial charge on any atom is -0.356 e. The van der Waals surface area contributed by atoms with Gasteiger partial charge in [0.2, 0.25) is 0 Å². The number of carbonyl (C=O) groups excluding carboxylic acids is 1. The Morgan fingerprint density at radius 1 is 1.29 bits per heavy atom. The van der Waals surface area contributed by atoms with E-state index < -0.39 is 0 Å². The molecule has 2 aromatic rings. The fourth-order valence-electron chi connectivity index (χ4n) is 4.04. The molecule has 0 aliphatic carbocycles. The molecule has 0 N–H and O–H groups in total. The van der Waals surface area contributed by atoms with Crippen LogP contribution in [0.15, 0.2) is 28.0 Å². The number of aryl methyl sites for hydroxylation is 1. The molecule has 0 spiro atoms. The second kappa shape index (κ2) is 8.74. The van der Waals surface area contributed by atoms with Gasteiger partial charge in [-0.05, 0) is 49.3 Å². The third-order valence-corrected chi connectivity index (χ3v) is 7.22. The summed E-state index contributed by atoms with van der Waals surface area (Å²) in [6, 6.07) is 3.81. The van der Waals surface area contributed by atoms with Crippen LogP contribution >= 0.6 is 24.0 Å². The lowest BCUT2D eigenvalue weighted by Crippen LogP contribution is -2.36. The molecule has 0 bridgehead atoms. The Hall–Kier alpha value is -2.19. The molecule has 6 nitrogen and oxygen atoms in total. The Morgan fingerprint density at radius 2 is 2.00 bits per heavy atom. The summed E-state index contributed by atoms with van der Waals surface area (Å²) in [4.78, 5) is 35.8. The van der Waals surface area contributed by atoms with Crippen LogP contribution in [0.5, 0.6) is 0 Å². The average molecular weight is 457 g/mol. The normalized spacial score (nSPS) is 19.5. The number of amides is 1. The molecule has 2 aromatic heterocycles. The topological polar surface area (TPSA) is 57.9 Å². The number of thioether (sulfide) groups is 1. The molecule has 0 unspecified atom stereocenters. The molecular formula is C23H28N4O2S2. The minimum atomic E-state index is -0.156. The van der Waals surface area contributed by atoms with Gasteiger partial charge in [-0.1, -0.05) is 50.8 Å². The van der Waals surface area contributed by atoms with Crippen molar-refractivity contribution in [3.05, 3.63) is 44.7 Å². The third-order valence-electron chi connectivity index (χ3n) is 5.84. The maximum Gasteiger partial charge on any atom is 0.267 e. The van der Waals surface area contributed by atoms with Gasteiger partial charge < -0.3 is 4.90 Å². The SMILES string of the molecule is Cc1cccn2c(=O)c(/C=C3\SC(=S)N(CC(C)C)C3=O)c(N3CCC(C)CC3)nc12. The Bertz CT molecular complexity index is 1130. The number of anilines is 1. The summed E-state index contributed by atoms with van der Waals surface area (Å²) in [5, 5.41) is 0. The van der Waals surface area contributed by atoms with Gasteiger partial charge in [0.05, 0.1) is 10.5 Å². The molecule has 1 amide bonds. The van der Waals surface area contributed by atoms with E-state index in [-0.39, 0.29) is 11.5 Å². The van der Waals surface area contributed by atoms with E-state index in [9.17, 15) is 9.59 Å². The molecule has 0 atom stereocenters. The number of aromatic nitrogens is 2. The van der Waals surface area contributed by atoms with Crippen LogP contribution in [0.4, 0.5) is 5.82 Å². The van der Waals surface area contributed by atoms with Crippen LogP contribution in [-0.4, -0.2) is 44.1 Å². The molecule has 2 saturated heterocycles. The molecule has 2 aliphatic heterocycles.